The maximum Gasteiger partial charge on any atom is 0.00582 e. The zero-order valence-electron chi connectivity index (χ0n) is 7.90. The molecule has 1 aliphatic rings. The molecule has 0 bridgehead atoms. The van der Waals surface area contributed by atoms with Gasteiger partial charge >= 0.3 is 0 Å². The van der Waals surface area contributed by atoms with Crippen LogP contribution in [-0.2, 0) is 0 Å². The maximum atomic E-state index is 2.28. The van der Waals surface area contributed by atoms with Gasteiger partial charge < -0.3 is 0 Å². The van der Waals surface area contributed by atoms with E-state index in [9.17, 15) is 0 Å². The fourth-order valence-electron chi connectivity index (χ4n) is 1.77. The van der Waals surface area contributed by atoms with Crippen LogP contribution in [0.25, 0.3) is 0 Å². The van der Waals surface area contributed by atoms with Crippen LogP contribution in [0.1, 0.15) is 24.8 Å². The van der Waals surface area contributed by atoms with E-state index in [-0.39, 0.29) is 0 Å². The van der Waals surface area contributed by atoms with Crippen molar-refractivity contribution in [3.8, 4) is 0 Å². The van der Waals surface area contributed by atoms with Crippen LogP contribution < -0.4 is 0 Å². The van der Waals surface area contributed by atoms with E-state index in [2.05, 4.69) is 55.5 Å². The van der Waals surface area contributed by atoms with Gasteiger partial charge in [0.1, 0.15) is 0 Å². The van der Waals surface area contributed by atoms with Crippen LogP contribution in [0.4, 0.5) is 0 Å². The first-order chi connectivity index (χ1) is 6.36. The van der Waals surface area contributed by atoms with Crippen LogP contribution in [0.2, 0.25) is 0 Å². The highest BCUT2D eigenvalue weighted by atomic mass is 14.1. The molecule has 0 aromatic heterocycles. The normalized spacial score (nSPS) is 21.3. The van der Waals surface area contributed by atoms with E-state index in [1.54, 1.807) is 0 Å². The van der Waals surface area contributed by atoms with E-state index in [1.807, 2.05) is 0 Å². The second-order valence-corrected chi connectivity index (χ2v) is 3.62. The maximum absolute atomic E-state index is 2.28. The van der Waals surface area contributed by atoms with Crippen molar-refractivity contribution in [2.75, 3.05) is 0 Å². The summed E-state index contributed by atoms with van der Waals surface area (Å²) in [5, 5.41) is 0. The van der Waals surface area contributed by atoms with Crippen molar-refractivity contribution in [3.63, 3.8) is 0 Å². The first-order valence-electron chi connectivity index (χ1n) is 4.75. The third-order valence-corrected chi connectivity index (χ3v) is 2.49. The summed E-state index contributed by atoms with van der Waals surface area (Å²) in [4.78, 5) is 0. The van der Waals surface area contributed by atoms with Crippen molar-refractivity contribution in [1.82, 2.24) is 0 Å². The van der Waals surface area contributed by atoms with Crippen molar-refractivity contribution in [2.45, 2.75) is 19.3 Å². The van der Waals surface area contributed by atoms with E-state index in [0.29, 0.717) is 5.92 Å². The van der Waals surface area contributed by atoms with E-state index in [0.717, 1.165) is 0 Å². The summed E-state index contributed by atoms with van der Waals surface area (Å²) in [6.07, 6.45) is 7.80. The van der Waals surface area contributed by atoms with Gasteiger partial charge in [0.25, 0.3) is 0 Å². The van der Waals surface area contributed by atoms with Gasteiger partial charge in [-0.25, -0.2) is 0 Å². The van der Waals surface area contributed by atoms with Gasteiger partial charge in [-0.3, -0.25) is 0 Å². The smallest absolute Gasteiger partial charge is 0.00582 e. The van der Waals surface area contributed by atoms with E-state index < -0.39 is 0 Å². The fourth-order valence-corrected chi connectivity index (χ4v) is 1.77. The van der Waals surface area contributed by atoms with Gasteiger partial charge in [-0.15, -0.1) is 0 Å². The Kier molecular flexibility index (Phi) is 2.31. The predicted octanol–water partition coefficient (Wildman–Crippen LogP) is 3.68. The average Bonchev–Trinajstić information content (AvgIpc) is 2.19. The van der Waals surface area contributed by atoms with Gasteiger partial charge in [0.15, 0.2) is 0 Å². The molecule has 0 N–H and O–H groups in total. The molecule has 0 radical (unpaired) electrons. The SMILES string of the molecule is CC1=CC=C[C@@H](c2ccccc2)C1. The Morgan fingerprint density at radius 2 is 1.92 bits per heavy atom. The molecule has 0 heteroatoms. The number of hydrogen-bond acceptors (Lipinski definition) is 0. The second-order valence-electron chi connectivity index (χ2n) is 3.62. The molecule has 0 aliphatic heterocycles. The topological polar surface area (TPSA) is 0 Å². The van der Waals surface area contributed by atoms with Crippen molar-refractivity contribution >= 4 is 0 Å². The lowest BCUT2D eigenvalue weighted by atomic mass is 9.89. The molecule has 66 valence electrons. The summed E-state index contributed by atoms with van der Waals surface area (Å²) in [5.74, 6) is 0.589. The molecular weight excluding hydrogens is 156 g/mol. The minimum absolute atomic E-state index is 0.589. The summed E-state index contributed by atoms with van der Waals surface area (Å²) in [5.41, 5.74) is 2.89. The Labute approximate surface area is 79.6 Å². The highest BCUT2D eigenvalue weighted by molar-refractivity contribution is 5.30. The highest BCUT2D eigenvalue weighted by Crippen LogP contribution is 2.27. The van der Waals surface area contributed by atoms with Crippen molar-refractivity contribution < 1.29 is 0 Å². The van der Waals surface area contributed by atoms with Gasteiger partial charge in [-0.05, 0) is 18.9 Å². The molecule has 2 rings (SSSR count). The molecule has 0 saturated heterocycles. The Morgan fingerprint density at radius 3 is 2.62 bits per heavy atom. The third kappa shape index (κ3) is 1.89. The summed E-state index contributed by atoms with van der Waals surface area (Å²) in [6, 6.07) is 10.7. The second kappa shape index (κ2) is 3.61. The van der Waals surface area contributed by atoms with E-state index >= 15 is 0 Å². The lowest BCUT2D eigenvalue weighted by Crippen LogP contribution is -1.98. The molecule has 1 aromatic carbocycles. The first kappa shape index (κ1) is 8.31. The highest BCUT2D eigenvalue weighted by Gasteiger charge is 2.09. The lowest BCUT2D eigenvalue weighted by molar-refractivity contribution is 0.813. The third-order valence-electron chi connectivity index (χ3n) is 2.49. The molecule has 1 aromatic rings. The van der Waals surface area contributed by atoms with Crippen LogP contribution in [-0.4, -0.2) is 0 Å². The van der Waals surface area contributed by atoms with Crippen molar-refractivity contribution in [1.29, 1.82) is 0 Å². The van der Waals surface area contributed by atoms with Crippen LogP contribution >= 0.6 is 0 Å². The molecule has 0 amide bonds. The minimum Gasteiger partial charge on any atom is -0.0767 e. The molecule has 1 atom stereocenters. The number of allylic oxidation sites excluding steroid dienone is 4. The van der Waals surface area contributed by atoms with Crippen LogP contribution in [0.3, 0.4) is 0 Å². The summed E-state index contributed by atoms with van der Waals surface area (Å²) >= 11 is 0. The van der Waals surface area contributed by atoms with Gasteiger partial charge in [0.2, 0.25) is 0 Å². The molecule has 0 spiro atoms. The van der Waals surface area contributed by atoms with E-state index in [4.69, 9.17) is 0 Å². The zero-order valence-corrected chi connectivity index (χ0v) is 7.90. The summed E-state index contributed by atoms with van der Waals surface area (Å²) in [6.45, 7) is 2.19. The fraction of sp³-hybridized carbons (Fsp3) is 0.231. The van der Waals surface area contributed by atoms with Crippen LogP contribution in [0, 0.1) is 0 Å². The van der Waals surface area contributed by atoms with Crippen LogP contribution in [0.15, 0.2) is 54.1 Å². The van der Waals surface area contributed by atoms with E-state index in [1.165, 1.54) is 17.6 Å². The standard InChI is InChI=1S/C13H14/c1-11-6-5-9-13(10-11)12-7-3-2-4-8-12/h2-9,13H,10H2,1H3/t13-/m1/s1. The van der Waals surface area contributed by atoms with Gasteiger partial charge in [0, 0.05) is 5.92 Å². The molecular formula is C13H14. The lowest BCUT2D eigenvalue weighted by Gasteiger charge is -2.16. The predicted molar refractivity (Wildman–Crippen MR) is 56.7 cm³/mol. The zero-order chi connectivity index (χ0) is 9.10. The number of rotatable bonds is 1. The van der Waals surface area contributed by atoms with Crippen molar-refractivity contribution in [2.24, 2.45) is 0 Å². The van der Waals surface area contributed by atoms with Gasteiger partial charge in [0.05, 0.1) is 0 Å². The molecule has 13 heavy (non-hydrogen) atoms. The monoisotopic (exact) mass is 170 g/mol. The Morgan fingerprint density at radius 1 is 1.15 bits per heavy atom. The summed E-state index contributed by atoms with van der Waals surface area (Å²) < 4.78 is 0. The molecule has 0 nitrogen and oxygen atoms in total. The number of benzene rings is 1. The van der Waals surface area contributed by atoms with Gasteiger partial charge in [-0.1, -0.05) is 54.1 Å². The molecule has 1 aliphatic carbocycles. The molecule has 0 heterocycles. The van der Waals surface area contributed by atoms with Gasteiger partial charge in [-0.2, -0.15) is 0 Å². The molecule has 0 unspecified atom stereocenters. The molecule has 0 saturated carbocycles. The largest absolute Gasteiger partial charge is 0.0767 e. The number of hydrogen-bond donors (Lipinski definition) is 0. The van der Waals surface area contributed by atoms with Crippen molar-refractivity contribution in [3.05, 3.63) is 59.7 Å². The first-order valence-corrected chi connectivity index (χ1v) is 4.75. The molecule has 0 fully saturated rings. The Balaban J connectivity index is 2.21. The van der Waals surface area contributed by atoms with Crippen LogP contribution in [0.5, 0.6) is 0 Å². The Hall–Kier alpha value is -1.30. The average molecular weight is 170 g/mol. The quantitative estimate of drug-likeness (QED) is 0.603. The minimum atomic E-state index is 0.589. The Bertz CT molecular complexity index is 330. The summed E-state index contributed by atoms with van der Waals surface area (Å²) in [7, 11) is 0.